The average Bonchev–Trinajstić information content (AvgIpc) is 3.65. The van der Waals surface area contributed by atoms with E-state index in [1.54, 1.807) is 0 Å². The van der Waals surface area contributed by atoms with E-state index in [0.29, 0.717) is 18.4 Å². The predicted molar refractivity (Wildman–Crippen MR) is 167 cm³/mol. The minimum atomic E-state index is -1.24. The monoisotopic (exact) mass is 626 g/mol. The van der Waals surface area contributed by atoms with Crippen LogP contribution in [0.25, 0.3) is 11.0 Å². The molecule has 2 aliphatic rings. The highest BCUT2D eigenvalue weighted by Crippen LogP contribution is 2.46. The fourth-order valence-electron chi connectivity index (χ4n) is 5.76. The van der Waals surface area contributed by atoms with Gasteiger partial charge in [-0.1, -0.05) is 49.4 Å². The van der Waals surface area contributed by atoms with Gasteiger partial charge in [-0.25, -0.2) is 4.98 Å². The molecule has 1 N–H and O–H groups in total. The van der Waals surface area contributed by atoms with Gasteiger partial charge in [-0.3, -0.25) is 9.48 Å². The number of fused-ring (bicyclic) bond motifs is 1. The van der Waals surface area contributed by atoms with Crippen LogP contribution in [0.1, 0.15) is 63.0 Å². The number of aromatic nitrogens is 3. The molecule has 1 aromatic carbocycles. The Morgan fingerprint density at radius 3 is 2.60 bits per heavy atom. The minimum Gasteiger partial charge on any atom is -0.472 e. The Morgan fingerprint density at radius 1 is 1.18 bits per heavy atom. The maximum atomic E-state index is 13.0. The number of hydrogen-bond acceptors (Lipinski definition) is 6. The number of carbonyl (C=O) groups is 1. The number of nitrogens with zero attached hydrogens (tertiary/aromatic N) is 3. The topological polar surface area (TPSA) is 78.3 Å². The highest BCUT2D eigenvalue weighted by molar-refractivity contribution is 9.10. The smallest absolute Gasteiger partial charge is 0.309 e. The molecule has 0 bridgehead atoms. The fraction of sp³-hybridized carbons (Fsp3) is 0.581. The van der Waals surface area contributed by atoms with Crippen LogP contribution in [0.15, 0.2) is 28.7 Å². The van der Waals surface area contributed by atoms with E-state index < -0.39 is 8.07 Å². The minimum absolute atomic E-state index is 0.0341. The third-order valence-corrected chi connectivity index (χ3v) is 11.0. The molecule has 2 heterocycles. The number of nitrogens with one attached hydrogen (secondary N) is 1. The lowest BCUT2D eigenvalue weighted by Gasteiger charge is -2.40. The highest BCUT2D eigenvalue weighted by atomic mass is 79.9. The van der Waals surface area contributed by atoms with Gasteiger partial charge in [-0.15, -0.1) is 5.10 Å². The molecule has 2 aromatic heterocycles. The third kappa shape index (κ3) is 6.56. The lowest BCUT2D eigenvalue weighted by Crippen LogP contribution is -2.42. The molecule has 0 radical (unpaired) electrons. The van der Waals surface area contributed by atoms with E-state index in [4.69, 9.17) is 14.5 Å². The maximum Gasteiger partial charge on any atom is 0.309 e. The number of halogens is 1. The molecule has 7 nitrogen and oxygen atoms in total. The zero-order chi connectivity index (χ0) is 28.8. The van der Waals surface area contributed by atoms with Crippen LogP contribution in [-0.2, 0) is 16.6 Å². The molecule has 0 aliphatic heterocycles. The molecule has 9 heteroatoms. The van der Waals surface area contributed by atoms with Crippen molar-refractivity contribution in [3.05, 3.63) is 39.9 Å². The lowest BCUT2D eigenvalue weighted by atomic mass is 9.68. The molecule has 2 aliphatic carbocycles. The Kier molecular flexibility index (Phi) is 8.09. The van der Waals surface area contributed by atoms with E-state index in [-0.39, 0.29) is 23.4 Å². The first-order valence-corrected chi connectivity index (χ1v) is 19.0. The van der Waals surface area contributed by atoms with Crippen molar-refractivity contribution in [2.45, 2.75) is 90.6 Å². The number of carbonyl (C=O) groups excluding carboxylic acids is 1. The quantitative estimate of drug-likeness (QED) is 0.191. The highest BCUT2D eigenvalue weighted by Gasteiger charge is 2.43. The number of hydrogen-bond donors (Lipinski definition) is 1. The number of rotatable bonds is 9. The van der Waals surface area contributed by atoms with Crippen LogP contribution in [0.5, 0.6) is 5.88 Å². The van der Waals surface area contributed by atoms with Gasteiger partial charge in [-0.2, -0.15) is 0 Å². The van der Waals surface area contributed by atoms with Gasteiger partial charge in [0.15, 0.2) is 5.52 Å². The van der Waals surface area contributed by atoms with Crippen LogP contribution >= 0.6 is 15.9 Å². The van der Waals surface area contributed by atoms with E-state index in [9.17, 15) is 4.79 Å². The SMILES string of the molecule is Cc1cc(Nc2ccc3c(n2)c(OC2CCC(C(=O)OCC[Si](C)(C)C)C(C)(C)C2)nn3C)c(C2CC2)cc1Br. The summed E-state index contributed by atoms with van der Waals surface area (Å²) >= 11 is 3.70. The van der Waals surface area contributed by atoms with E-state index in [2.05, 4.69) is 78.9 Å². The van der Waals surface area contributed by atoms with E-state index in [1.165, 1.54) is 24.0 Å². The first-order chi connectivity index (χ1) is 18.8. The van der Waals surface area contributed by atoms with Gasteiger partial charge in [0, 0.05) is 25.3 Å². The second-order valence-electron chi connectivity index (χ2n) is 13.6. The molecular weight excluding hydrogens is 584 g/mol. The van der Waals surface area contributed by atoms with Gasteiger partial charge < -0.3 is 14.8 Å². The summed E-state index contributed by atoms with van der Waals surface area (Å²) in [5, 5.41) is 8.27. The second-order valence-corrected chi connectivity index (χ2v) is 20.1. The Balaban J connectivity index is 1.30. The summed E-state index contributed by atoms with van der Waals surface area (Å²) in [5.74, 6) is 1.76. The molecule has 2 fully saturated rings. The van der Waals surface area contributed by atoms with Crippen molar-refractivity contribution in [2.75, 3.05) is 11.9 Å². The molecule has 2 saturated carbocycles. The van der Waals surface area contributed by atoms with Crippen molar-refractivity contribution in [3.8, 4) is 5.88 Å². The maximum absolute atomic E-state index is 13.0. The number of esters is 1. The summed E-state index contributed by atoms with van der Waals surface area (Å²) < 4.78 is 15.2. The zero-order valence-electron chi connectivity index (χ0n) is 24.9. The zero-order valence-corrected chi connectivity index (χ0v) is 27.5. The second kappa shape index (κ2) is 11.1. The van der Waals surface area contributed by atoms with Gasteiger partial charge in [-0.05, 0) is 91.8 Å². The normalized spacial score (nSPS) is 20.9. The van der Waals surface area contributed by atoms with Crippen LogP contribution in [-0.4, -0.2) is 41.5 Å². The van der Waals surface area contributed by atoms with Gasteiger partial charge in [0.25, 0.3) is 5.88 Å². The Labute approximate surface area is 247 Å². The number of benzene rings is 1. The number of aryl methyl sites for hydroxylation is 2. The summed E-state index contributed by atoms with van der Waals surface area (Å²) in [6.45, 7) is 13.9. The van der Waals surface area contributed by atoms with Crippen LogP contribution < -0.4 is 10.1 Å². The van der Waals surface area contributed by atoms with Gasteiger partial charge >= 0.3 is 5.97 Å². The number of ether oxygens (including phenoxy) is 2. The molecule has 5 rings (SSSR count). The number of pyridine rings is 1. The third-order valence-electron chi connectivity index (χ3n) is 8.41. The summed E-state index contributed by atoms with van der Waals surface area (Å²) in [5.41, 5.74) is 5.09. The first kappa shape index (κ1) is 29.1. The Bertz CT molecular complexity index is 1410. The van der Waals surface area contributed by atoms with E-state index >= 15 is 0 Å². The van der Waals surface area contributed by atoms with Gasteiger partial charge in [0.05, 0.1) is 18.0 Å². The summed E-state index contributed by atoms with van der Waals surface area (Å²) in [4.78, 5) is 17.9. The lowest BCUT2D eigenvalue weighted by molar-refractivity contribution is -0.155. The molecule has 0 amide bonds. The summed E-state index contributed by atoms with van der Waals surface area (Å²) in [7, 11) is 0.682. The fourth-order valence-corrected chi connectivity index (χ4v) is 6.84. The largest absolute Gasteiger partial charge is 0.472 e. The molecule has 216 valence electrons. The molecule has 0 saturated heterocycles. The predicted octanol–water partition coefficient (Wildman–Crippen LogP) is 8.12. The van der Waals surface area contributed by atoms with Gasteiger partial charge in [0.2, 0.25) is 0 Å². The van der Waals surface area contributed by atoms with Crippen LogP contribution in [0, 0.1) is 18.3 Å². The van der Waals surface area contributed by atoms with Crippen molar-refractivity contribution in [1.82, 2.24) is 14.8 Å². The van der Waals surface area contributed by atoms with Crippen LogP contribution in [0.2, 0.25) is 25.7 Å². The van der Waals surface area contributed by atoms with E-state index in [1.807, 2.05) is 23.9 Å². The van der Waals surface area contributed by atoms with Crippen LogP contribution in [0.3, 0.4) is 0 Å². The molecule has 0 spiro atoms. The van der Waals surface area contributed by atoms with Crippen molar-refractivity contribution in [2.24, 2.45) is 18.4 Å². The summed E-state index contributed by atoms with van der Waals surface area (Å²) in [6.07, 6.45) is 4.73. The first-order valence-electron chi connectivity index (χ1n) is 14.5. The molecular formula is C31H43BrN4O3Si. The van der Waals surface area contributed by atoms with Crippen LogP contribution in [0.4, 0.5) is 11.5 Å². The van der Waals surface area contributed by atoms with Gasteiger partial charge in [0.1, 0.15) is 11.9 Å². The van der Waals surface area contributed by atoms with Crippen molar-refractivity contribution < 1.29 is 14.3 Å². The standard InChI is InChI=1S/C31H43BrN4O3Si/c1-19-16-25(22(17-24(19)32)20-8-9-20)33-27-13-12-26-28(34-27)29(35-36(26)4)39-21-10-11-23(31(2,3)18-21)30(37)38-14-15-40(5,6)7/h12-13,16-17,20-21,23H,8-11,14-15,18H2,1-7H3,(H,33,34). The van der Waals surface area contributed by atoms with Crippen molar-refractivity contribution in [3.63, 3.8) is 0 Å². The van der Waals surface area contributed by atoms with Crippen molar-refractivity contribution >= 4 is 52.5 Å². The number of anilines is 2. The van der Waals surface area contributed by atoms with E-state index in [0.717, 1.165) is 52.3 Å². The molecule has 2 atom stereocenters. The molecule has 2 unspecified atom stereocenters. The molecule has 3 aromatic rings. The average molecular weight is 628 g/mol. The molecule has 40 heavy (non-hydrogen) atoms. The Hall–Kier alpha value is -2.39. The Morgan fingerprint density at radius 2 is 1.93 bits per heavy atom. The van der Waals surface area contributed by atoms with Crippen molar-refractivity contribution in [1.29, 1.82) is 0 Å². The summed E-state index contributed by atoms with van der Waals surface area (Å²) in [6, 6.07) is 9.49.